The summed E-state index contributed by atoms with van der Waals surface area (Å²) < 4.78 is 36.3. The highest BCUT2D eigenvalue weighted by Crippen LogP contribution is 2.21. The molecule has 0 amide bonds. The third-order valence-electron chi connectivity index (χ3n) is 1.71. The number of aromatic nitrogens is 2. The van der Waals surface area contributed by atoms with Gasteiger partial charge in [-0.3, -0.25) is 0 Å². The number of alkyl halides is 3. The number of nitrogens with zero attached hydrogens (tertiary/aromatic N) is 3. The lowest BCUT2D eigenvalue weighted by Gasteiger charge is -2.20. The molecular weight excluding hydrogens is 227 g/mol. The van der Waals surface area contributed by atoms with Crippen molar-refractivity contribution in [1.82, 2.24) is 10.2 Å². The van der Waals surface area contributed by atoms with Crippen molar-refractivity contribution in [3.05, 3.63) is 17.8 Å². The molecule has 1 N–H and O–H groups in total. The molecule has 1 heterocycles. The summed E-state index contributed by atoms with van der Waals surface area (Å²) in [6.07, 6.45) is -3.32. The second-order valence-corrected chi connectivity index (χ2v) is 3.04. The average Bonchev–Trinajstić information content (AvgIpc) is 2.15. The largest absolute Gasteiger partial charge is 0.478 e. The van der Waals surface area contributed by atoms with Crippen molar-refractivity contribution in [2.24, 2.45) is 0 Å². The highest BCUT2D eigenvalue weighted by atomic mass is 19.4. The zero-order valence-corrected chi connectivity index (χ0v) is 8.19. The topological polar surface area (TPSA) is 66.3 Å². The number of hydrogen-bond donors (Lipinski definition) is 1. The van der Waals surface area contributed by atoms with Gasteiger partial charge in [0.05, 0.1) is 6.20 Å². The minimum Gasteiger partial charge on any atom is -0.478 e. The first kappa shape index (κ1) is 12.2. The fraction of sp³-hybridized carbons (Fsp3) is 0.375. The molecule has 0 unspecified atom stereocenters. The Kier molecular flexibility index (Phi) is 3.31. The number of carboxylic acids is 1. The van der Waals surface area contributed by atoms with Gasteiger partial charge in [0.2, 0.25) is 0 Å². The van der Waals surface area contributed by atoms with Gasteiger partial charge in [-0.25, -0.2) is 4.79 Å². The summed E-state index contributed by atoms with van der Waals surface area (Å²) in [5.41, 5.74) is -0.318. The molecule has 1 aromatic heterocycles. The van der Waals surface area contributed by atoms with Crippen molar-refractivity contribution in [2.75, 3.05) is 18.5 Å². The minimum atomic E-state index is -4.43. The van der Waals surface area contributed by atoms with E-state index in [1.165, 1.54) is 0 Å². The lowest BCUT2D eigenvalue weighted by Crippen LogP contribution is -2.32. The lowest BCUT2D eigenvalue weighted by atomic mass is 10.2. The van der Waals surface area contributed by atoms with Crippen LogP contribution in [0.2, 0.25) is 0 Å². The Morgan fingerprint density at radius 1 is 1.56 bits per heavy atom. The third kappa shape index (κ3) is 3.07. The van der Waals surface area contributed by atoms with Crippen LogP contribution in [0.5, 0.6) is 0 Å². The van der Waals surface area contributed by atoms with Crippen LogP contribution in [0, 0.1) is 0 Å². The molecule has 0 bridgehead atoms. The van der Waals surface area contributed by atoms with Crippen LogP contribution in [0.25, 0.3) is 0 Å². The number of rotatable bonds is 3. The fourth-order valence-corrected chi connectivity index (χ4v) is 1.12. The third-order valence-corrected chi connectivity index (χ3v) is 1.71. The Bertz CT molecular complexity index is 394. The number of hydrogen-bond acceptors (Lipinski definition) is 4. The molecule has 8 heteroatoms. The van der Waals surface area contributed by atoms with E-state index >= 15 is 0 Å². The molecule has 0 fully saturated rings. The van der Waals surface area contributed by atoms with Crippen molar-refractivity contribution in [3.8, 4) is 0 Å². The van der Waals surface area contributed by atoms with E-state index in [9.17, 15) is 18.0 Å². The van der Waals surface area contributed by atoms with Gasteiger partial charge in [-0.2, -0.15) is 18.3 Å². The first-order valence-electron chi connectivity index (χ1n) is 4.14. The van der Waals surface area contributed by atoms with Crippen LogP contribution in [0.3, 0.4) is 0 Å². The maximum Gasteiger partial charge on any atom is 0.405 e. The van der Waals surface area contributed by atoms with E-state index in [-0.39, 0.29) is 11.4 Å². The van der Waals surface area contributed by atoms with Gasteiger partial charge in [0.25, 0.3) is 0 Å². The molecule has 0 radical (unpaired) electrons. The van der Waals surface area contributed by atoms with Crippen LogP contribution >= 0.6 is 0 Å². The highest BCUT2D eigenvalue weighted by molar-refractivity contribution is 5.93. The predicted molar refractivity (Wildman–Crippen MR) is 48.3 cm³/mol. The van der Waals surface area contributed by atoms with Crippen molar-refractivity contribution in [3.63, 3.8) is 0 Å². The standard InChI is InChI=1S/C8H8F3N3O2/c1-14(4-8(9,10)11)6-5(7(15)16)2-3-12-13-6/h2-3H,4H2,1H3,(H,15,16). The summed E-state index contributed by atoms with van der Waals surface area (Å²) in [6, 6.07) is 1.09. The van der Waals surface area contributed by atoms with Crippen molar-refractivity contribution in [1.29, 1.82) is 0 Å². The monoisotopic (exact) mass is 235 g/mol. The van der Waals surface area contributed by atoms with Crippen molar-refractivity contribution >= 4 is 11.8 Å². The van der Waals surface area contributed by atoms with E-state index in [1.54, 1.807) is 0 Å². The second-order valence-electron chi connectivity index (χ2n) is 3.04. The molecule has 0 aromatic carbocycles. The quantitative estimate of drug-likeness (QED) is 0.851. The molecule has 0 saturated heterocycles. The predicted octanol–water partition coefficient (Wildman–Crippen LogP) is 1.17. The summed E-state index contributed by atoms with van der Waals surface area (Å²) in [5.74, 6) is -1.66. The van der Waals surface area contributed by atoms with Crippen molar-refractivity contribution < 1.29 is 23.1 Å². The Morgan fingerprint density at radius 3 is 2.69 bits per heavy atom. The minimum absolute atomic E-state index is 0.313. The smallest absolute Gasteiger partial charge is 0.405 e. The van der Waals surface area contributed by atoms with Crippen LogP contribution in [0.15, 0.2) is 12.3 Å². The van der Waals surface area contributed by atoms with Crippen LogP contribution < -0.4 is 4.90 Å². The zero-order valence-electron chi connectivity index (χ0n) is 8.19. The van der Waals surface area contributed by atoms with E-state index in [0.29, 0.717) is 4.90 Å². The molecule has 5 nitrogen and oxygen atoms in total. The maximum absolute atomic E-state index is 12.1. The number of halogens is 3. The van der Waals surface area contributed by atoms with Crippen molar-refractivity contribution in [2.45, 2.75) is 6.18 Å². The Balaban J connectivity index is 2.99. The number of carboxylic acid groups (broad SMARTS) is 1. The van der Waals surface area contributed by atoms with E-state index < -0.39 is 18.7 Å². The van der Waals surface area contributed by atoms with E-state index in [1.807, 2.05) is 0 Å². The van der Waals surface area contributed by atoms with Crippen LogP contribution in [0.1, 0.15) is 10.4 Å². The molecule has 0 atom stereocenters. The summed E-state index contributed by atoms with van der Waals surface area (Å²) in [5, 5.41) is 15.5. The summed E-state index contributed by atoms with van der Waals surface area (Å²) in [4.78, 5) is 11.4. The molecule has 16 heavy (non-hydrogen) atoms. The molecule has 0 aliphatic carbocycles. The Labute approximate surface area is 88.5 Å². The number of aromatic carboxylic acids is 1. The van der Waals surface area contributed by atoms with Crippen LogP contribution in [0.4, 0.5) is 19.0 Å². The first-order valence-corrected chi connectivity index (χ1v) is 4.14. The van der Waals surface area contributed by atoms with Gasteiger partial charge in [-0.15, -0.1) is 5.10 Å². The van der Waals surface area contributed by atoms with E-state index in [2.05, 4.69) is 10.2 Å². The molecule has 0 aliphatic rings. The van der Waals surface area contributed by atoms with Gasteiger partial charge in [-0.05, 0) is 6.07 Å². The van der Waals surface area contributed by atoms with Crippen LogP contribution in [-0.2, 0) is 0 Å². The number of anilines is 1. The van der Waals surface area contributed by atoms with Gasteiger partial charge in [0, 0.05) is 7.05 Å². The first-order chi connectivity index (χ1) is 7.31. The summed E-state index contributed by atoms with van der Waals surface area (Å²) in [7, 11) is 1.10. The fourth-order valence-electron chi connectivity index (χ4n) is 1.12. The number of carbonyl (C=O) groups is 1. The molecule has 0 spiro atoms. The normalized spacial score (nSPS) is 11.2. The summed E-state index contributed by atoms with van der Waals surface area (Å²) in [6.45, 7) is -1.29. The summed E-state index contributed by atoms with van der Waals surface area (Å²) >= 11 is 0. The molecule has 88 valence electrons. The molecule has 1 aromatic rings. The molecular formula is C8H8F3N3O2. The van der Waals surface area contributed by atoms with Gasteiger partial charge < -0.3 is 10.0 Å². The second kappa shape index (κ2) is 4.33. The van der Waals surface area contributed by atoms with Gasteiger partial charge in [-0.1, -0.05) is 0 Å². The van der Waals surface area contributed by atoms with E-state index in [0.717, 1.165) is 19.3 Å². The SMILES string of the molecule is CN(CC(F)(F)F)c1nnccc1C(=O)O. The molecule has 1 rings (SSSR count). The Morgan fingerprint density at radius 2 is 2.19 bits per heavy atom. The maximum atomic E-state index is 12.1. The van der Waals surface area contributed by atoms with Crippen LogP contribution in [-0.4, -0.2) is 41.0 Å². The van der Waals surface area contributed by atoms with E-state index in [4.69, 9.17) is 5.11 Å². The van der Waals surface area contributed by atoms with Gasteiger partial charge in [0.1, 0.15) is 12.1 Å². The zero-order chi connectivity index (χ0) is 12.3. The van der Waals surface area contributed by atoms with Gasteiger partial charge in [0.15, 0.2) is 5.82 Å². The van der Waals surface area contributed by atoms with Gasteiger partial charge >= 0.3 is 12.1 Å². The Hall–Kier alpha value is -1.86. The highest BCUT2D eigenvalue weighted by Gasteiger charge is 2.31. The molecule has 0 saturated carbocycles. The molecule has 0 aliphatic heterocycles. The lowest BCUT2D eigenvalue weighted by molar-refractivity contribution is -0.119. The average molecular weight is 235 g/mol.